The fraction of sp³-hybridized carbons (Fsp3) is 0.375. The fourth-order valence-electron chi connectivity index (χ4n) is 2.65. The molecule has 1 fully saturated rings. The van der Waals surface area contributed by atoms with Gasteiger partial charge in [-0.1, -0.05) is 19.1 Å². The molecule has 116 valence electrons. The normalized spacial score (nSPS) is 14.9. The van der Waals surface area contributed by atoms with Crippen LogP contribution in [0.2, 0.25) is 0 Å². The highest BCUT2D eigenvalue weighted by molar-refractivity contribution is 9.10. The molecule has 0 radical (unpaired) electrons. The first-order chi connectivity index (χ1) is 10.7. The van der Waals surface area contributed by atoms with Crippen molar-refractivity contribution >= 4 is 33.6 Å². The second-order valence-corrected chi connectivity index (χ2v) is 7.61. The molecule has 4 nitrogen and oxygen atoms in total. The van der Waals surface area contributed by atoms with Crippen molar-refractivity contribution in [2.24, 2.45) is 5.92 Å². The Hall–Kier alpha value is -1.27. The third-order valence-electron chi connectivity index (χ3n) is 3.71. The highest BCUT2D eigenvalue weighted by Crippen LogP contribution is 2.27. The van der Waals surface area contributed by atoms with Crippen LogP contribution in [0.25, 0.3) is 0 Å². The standard InChI is InChI=1S/C16H18BrN3OS/c1-2-22-15-6-4-3-5-14(15)16(21)19-8-12(9-19)10-20-11-13(17)7-18-20/h3-7,11-12H,2,8-10H2,1H3. The summed E-state index contributed by atoms with van der Waals surface area (Å²) in [4.78, 5) is 15.6. The maximum Gasteiger partial charge on any atom is 0.255 e. The topological polar surface area (TPSA) is 38.1 Å². The van der Waals surface area contributed by atoms with Gasteiger partial charge in [-0.3, -0.25) is 9.48 Å². The Morgan fingerprint density at radius 1 is 1.41 bits per heavy atom. The number of carbonyl (C=O) groups excluding carboxylic acids is 1. The van der Waals surface area contributed by atoms with Gasteiger partial charge in [0.25, 0.3) is 5.91 Å². The zero-order valence-corrected chi connectivity index (χ0v) is 14.8. The number of halogens is 1. The summed E-state index contributed by atoms with van der Waals surface area (Å²) in [5.41, 5.74) is 0.828. The van der Waals surface area contributed by atoms with E-state index in [9.17, 15) is 4.79 Å². The number of likely N-dealkylation sites (tertiary alicyclic amines) is 1. The Balaban J connectivity index is 1.59. The molecule has 1 amide bonds. The van der Waals surface area contributed by atoms with Crippen LogP contribution in [0.4, 0.5) is 0 Å². The lowest BCUT2D eigenvalue weighted by Gasteiger charge is -2.39. The first kappa shape index (κ1) is 15.6. The summed E-state index contributed by atoms with van der Waals surface area (Å²) in [6, 6.07) is 7.88. The summed E-state index contributed by atoms with van der Waals surface area (Å²) in [7, 11) is 0. The van der Waals surface area contributed by atoms with E-state index >= 15 is 0 Å². The number of carbonyl (C=O) groups is 1. The average Bonchev–Trinajstić information content (AvgIpc) is 2.88. The maximum atomic E-state index is 12.6. The minimum Gasteiger partial charge on any atom is -0.338 e. The highest BCUT2D eigenvalue weighted by Gasteiger charge is 2.32. The molecule has 0 N–H and O–H groups in total. The molecular formula is C16H18BrN3OS. The minimum atomic E-state index is 0.148. The Bertz CT molecular complexity index is 667. The third-order valence-corrected chi connectivity index (χ3v) is 5.07. The van der Waals surface area contributed by atoms with Crippen LogP contribution in [-0.2, 0) is 6.54 Å². The summed E-state index contributed by atoms with van der Waals surface area (Å²) in [6.45, 7) is 4.58. The molecule has 1 aromatic heterocycles. The van der Waals surface area contributed by atoms with Crippen molar-refractivity contribution in [1.82, 2.24) is 14.7 Å². The first-order valence-corrected chi connectivity index (χ1v) is 9.14. The summed E-state index contributed by atoms with van der Waals surface area (Å²) in [6.07, 6.45) is 3.76. The van der Waals surface area contributed by atoms with Crippen molar-refractivity contribution in [3.63, 3.8) is 0 Å². The monoisotopic (exact) mass is 379 g/mol. The molecule has 2 aromatic rings. The average molecular weight is 380 g/mol. The molecule has 1 saturated heterocycles. The van der Waals surface area contributed by atoms with E-state index in [2.05, 4.69) is 28.0 Å². The number of nitrogens with zero attached hydrogens (tertiary/aromatic N) is 3. The SMILES string of the molecule is CCSc1ccccc1C(=O)N1CC(Cn2cc(Br)cn2)C1. The number of rotatable bonds is 5. The molecule has 0 spiro atoms. The number of thioether (sulfide) groups is 1. The van der Waals surface area contributed by atoms with Gasteiger partial charge in [-0.05, 0) is 33.8 Å². The van der Waals surface area contributed by atoms with Crippen molar-refractivity contribution in [3.8, 4) is 0 Å². The van der Waals surface area contributed by atoms with E-state index in [0.717, 1.165) is 40.3 Å². The van der Waals surface area contributed by atoms with E-state index in [0.29, 0.717) is 5.92 Å². The lowest BCUT2D eigenvalue weighted by atomic mass is 9.99. The van der Waals surface area contributed by atoms with Crippen LogP contribution in [-0.4, -0.2) is 39.4 Å². The Kier molecular flexibility index (Phi) is 4.88. The van der Waals surface area contributed by atoms with Gasteiger partial charge in [0.05, 0.1) is 16.2 Å². The van der Waals surface area contributed by atoms with Crippen molar-refractivity contribution in [1.29, 1.82) is 0 Å². The maximum absolute atomic E-state index is 12.6. The molecule has 0 aliphatic carbocycles. The molecule has 22 heavy (non-hydrogen) atoms. The van der Waals surface area contributed by atoms with Gasteiger partial charge in [0.15, 0.2) is 0 Å². The number of aromatic nitrogens is 2. The van der Waals surface area contributed by atoms with Crippen molar-refractivity contribution in [2.45, 2.75) is 18.4 Å². The summed E-state index contributed by atoms with van der Waals surface area (Å²) >= 11 is 5.12. The first-order valence-electron chi connectivity index (χ1n) is 7.36. The van der Waals surface area contributed by atoms with E-state index in [-0.39, 0.29) is 5.91 Å². The Labute approximate surface area is 143 Å². The van der Waals surface area contributed by atoms with Gasteiger partial charge in [0.2, 0.25) is 0 Å². The van der Waals surface area contributed by atoms with Crippen LogP contribution >= 0.6 is 27.7 Å². The van der Waals surface area contributed by atoms with Gasteiger partial charge in [0, 0.05) is 36.6 Å². The number of hydrogen-bond acceptors (Lipinski definition) is 3. The number of benzene rings is 1. The van der Waals surface area contributed by atoms with Crippen LogP contribution in [0.3, 0.4) is 0 Å². The molecule has 0 saturated carbocycles. The summed E-state index contributed by atoms with van der Waals surface area (Å²) in [5.74, 6) is 1.61. The third kappa shape index (κ3) is 3.38. The second kappa shape index (κ2) is 6.87. The molecule has 2 heterocycles. The van der Waals surface area contributed by atoms with E-state index in [1.165, 1.54) is 0 Å². The van der Waals surface area contributed by atoms with Crippen molar-refractivity contribution in [3.05, 3.63) is 46.7 Å². The van der Waals surface area contributed by atoms with Crippen LogP contribution in [0.15, 0.2) is 46.0 Å². The molecule has 0 unspecified atom stereocenters. The largest absolute Gasteiger partial charge is 0.338 e. The molecule has 1 aliphatic rings. The zero-order valence-electron chi connectivity index (χ0n) is 12.4. The second-order valence-electron chi connectivity index (χ2n) is 5.39. The van der Waals surface area contributed by atoms with Gasteiger partial charge in [-0.15, -0.1) is 11.8 Å². The van der Waals surface area contributed by atoms with Gasteiger partial charge in [0.1, 0.15) is 0 Å². The highest BCUT2D eigenvalue weighted by atomic mass is 79.9. The van der Waals surface area contributed by atoms with Gasteiger partial charge < -0.3 is 4.90 Å². The Morgan fingerprint density at radius 3 is 2.86 bits per heavy atom. The zero-order chi connectivity index (χ0) is 15.5. The van der Waals surface area contributed by atoms with E-state index < -0.39 is 0 Å². The molecule has 1 aromatic carbocycles. The molecule has 1 aliphatic heterocycles. The van der Waals surface area contributed by atoms with E-state index in [1.807, 2.05) is 40.0 Å². The number of hydrogen-bond donors (Lipinski definition) is 0. The summed E-state index contributed by atoms with van der Waals surface area (Å²) < 4.78 is 2.92. The molecule has 6 heteroatoms. The minimum absolute atomic E-state index is 0.148. The van der Waals surface area contributed by atoms with Gasteiger partial charge in [-0.2, -0.15) is 5.10 Å². The smallest absolute Gasteiger partial charge is 0.255 e. The van der Waals surface area contributed by atoms with Gasteiger partial charge >= 0.3 is 0 Å². The van der Waals surface area contributed by atoms with Crippen molar-refractivity contribution < 1.29 is 4.79 Å². The van der Waals surface area contributed by atoms with Crippen molar-refractivity contribution in [2.75, 3.05) is 18.8 Å². The van der Waals surface area contributed by atoms with Gasteiger partial charge in [-0.25, -0.2) is 0 Å². The molecular weight excluding hydrogens is 362 g/mol. The Morgan fingerprint density at radius 2 is 2.18 bits per heavy atom. The van der Waals surface area contributed by atoms with E-state index in [1.54, 1.807) is 18.0 Å². The van der Waals surface area contributed by atoms with Crippen LogP contribution in [0, 0.1) is 5.92 Å². The van der Waals surface area contributed by atoms with Crippen LogP contribution in [0.5, 0.6) is 0 Å². The van der Waals surface area contributed by atoms with Crippen LogP contribution < -0.4 is 0 Å². The molecule has 0 atom stereocenters. The van der Waals surface area contributed by atoms with E-state index in [4.69, 9.17) is 0 Å². The molecule has 0 bridgehead atoms. The predicted octanol–water partition coefficient (Wildman–Crippen LogP) is 3.53. The van der Waals surface area contributed by atoms with Crippen LogP contribution in [0.1, 0.15) is 17.3 Å². The number of amides is 1. The lowest BCUT2D eigenvalue weighted by molar-refractivity contribution is 0.0458. The molecule has 3 rings (SSSR count). The quantitative estimate of drug-likeness (QED) is 0.745. The predicted molar refractivity (Wildman–Crippen MR) is 92.2 cm³/mol. The summed E-state index contributed by atoms with van der Waals surface area (Å²) in [5, 5.41) is 4.27. The fourth-order valence-corrected chi connectivity index (χ4v) is 3.77. The lowest BCUT2D eigenvalue weighted by Crippen LogP contribution is -2.51.